The highest BCUT2D eigenvalue weighted by molar-refractivity contribution is 6.20. The second-order valence-electron chi connectivity index (χ2n) is 8.34. The van der Waals surface area contributed by atoms with Gasteiger partial charge in [0.25, 0.3) is 0 Å². The zero-order valence-corrected chi connectivity index (χ0v) is 15.3. The third kappa shape index (κ3) is 1.53. The molecule has 0 heteroatoms. The van der Waals surface area contributed by atoms with E-state index >= 15 is 0 Å². The summed E-state index contributed by atoms with van der Waals surface area (Å²) in [5.41, 5.74) is 12.6. The molecule has 1 fully saturated rings. The lowest BCUT2D eigenvalue weighted by Crippen LogP contribution is -2.48. The van der Waals surface area contributed by atoms with Gasteiger partial charge in [-0.3, -0.25) is 0 Å². The van der Waals surface area contributed by atoms with E-state index in [1.807, 2.05) is 0 Å². The molecule has 0 nitrogen and oxygen atoms in total. The van der Waals surface area contributed by atoms with Crippen molar-refractivity contribution < 1.29 is 0 Å². The highest BCUT2D eigenvalue weighted by Gasteiger charge is 2.58. The van der Waals surface area contributed by atoms with Crippen molar-refractivity contribution >= 4 is 11.1 Å². The van der Waals surface area contributed by atoms with Gasteiger partial charge in [-0.15, -0.1) is 0 Å². The fourth-order valence-electron chi connectivity index (χ4n) is 6.01. The molecule has 4 aliphatic carbocycles. The lowest BCUT2D eigenvalue weighted by atomic mass is 9.43. The van der Waals surface area contributed by atoms with Crippen molar-refractivity contribution in [2.24, 2.45) is 11.3 Å². The number of fused-ring (bicyclic) bond motifs is 8. The Morgan fingerprint density at radius 1 is 0.846 bits per heavy atom. The van der Waals surface area contributed by atoms with Crippen LogP contribution in [0.5, 0.6) is 0 Å². The molecule has 26 heavy (non-hydrogen) atoms. The van der Waals surface area contributed by atoms with Crippen LogP contribution in [-0.2, 0) is 0 Å². The van der Waals surface area contributed by atoms with Gasteiger partial charge in [-0.05, 0) is 46.8 Å². The van der Waals surface area contributed by atoms with Crippen molar-refractivity contribution in [2.45, 2.75) is 26.2 Å². The van der Waals surface area contributed by atoms with E-state index in [0.717, 1.165) is 6.42 Å². The molecule has 0 aromatic heterocycles. The first kappa shape index (κ1) is 14.6. The second kappa shape index (κ2) is 4.76. The predicted molar refractivity (Wildman–Crippen MR) is 109 cm³/mol. The standard InChI is InChI=1S/C26H22/c1-16-21(17-10-4-3-5-11-17)24-20-14-8-9-15-26(20,2)25(24)23-19-13-7-6-12-18(19)22(16)23/h3-14,21,24H,15H2,1-2H3. The number of allylic oxidation sites excluding steroid dienone is 8. The van der Waals surface area contributed by atoms with Crippen molar-refractivity contribution in [3.05, 3.63) is 106 Å². The Balaban J connectivity index is 1.66. The van der Waals surface area contributed by atoms with Crippen LogP contribution < -0.4 is 0 Å². The number of rotatable bonds is 1. The second-order valence-corrected chi connectivity index (χ2v) is 8.34. The number of benzene rings is 2. The van der Waals surface area contributed by atoms with Gasteiger partial charge in [0.15, 0.2) is 0 Å². The van der Waals surface area contributed by atoms with Crippen molar-refractivity contribution in [2.75, 3.05) is 0 Å². The van der Waals surface area contributed by atoms with Crippen LogP contribution in [0.1, 0.15) is 42.9 Å². The van der Waals surface area contributed by atoms with Crippen LogP contribution in [0.4, 0.5) is 0 Å². The topological polar surface area (TPSA) is 0 Å². The van der Waals surface area contributed by atoms with Gasteiger partial charge in [-0.2, -0.15) is 0 Å². The number of hydrogen-bond donors (Lipinski definition) is 0. The lowest BCUT2D eigenvalue weighted by Gasteiger charge is -2.60. The van der Waals surface area contributed by atoms with E-state index in [-0.39, 0.29) is 5.41 Å². The van der Waals surface area contributed by atoms with E-state index in [4.69, 9.17) is 0 Å². The molecule has 0 amide bonds. The highest BCUT2D eigenvalue weighted by atomic mass is 14.6. The van der Waals surface area contributed by atoms with E-state index in [1.165, 1.54) is 22.3 Å². The zero-order valence-electron chi connectivity index (χ0n) is 15.3. The highest BCUT2D eigenvalue weighted by Crippen LogP contribution is 2.72. The number of hydrogen-bond acceptors (Lipinski definition) is 0. The average molecular weight is 334 g/mol. The van der Waals surface area contributed by atoms with Gasteiger partial charge < -0.3 is 0 Å². The molecule has 2 aromatic rings. The zero-order chi connectivity index (χ0) is 17.5. The Morgan fingerprint density at radius 3 is 2.31 bits per heavy atom. The van der Waals surface area contributed by atoms with Crippen LogP contribution in [0, 0.1) is 11.3 Å². The first-order valence-corrected chi connectivity index (χ1v) is 9.69. The molecule has 3 atom stereocenters. The molecule has 0 saturated heterocycles. The molecule has 0 heterocycles. The van der Waals surface area contributed by atoms with Crippen molar-refractivity contribution in [3.63, 3.8) is 0 Å². The molecule has 0 bridgehead atoms. The molecular weight excluding hydrogens is 312 g/mol. The molecule has 0 radical (unpaired) electrons. The Morgan fingerprint density at radius 2 is 1.54 bits per heavy atom. The summed E-state index contributed by atoms with van der Waals surface area (Å²) in [6.07, 6.45) is 8.16. The van der Waals surface area contributed by atoms with Gasteiger partial charge >= 0.3 is 0 Å². The minimum absolute atomic E-state index is 0.223. The van der Waals surface area contributed by atoms with E-state index in [1.54, 1.807) is 22.3 Å². The molecule has 0 N–H and O–H groups in total. The normalized spacial score (nSPS) is 30.5. The van der Waals surface area contributed by atoms with Crippen LogP contribution in [0.25, 0.3) is 11.1 Å². The van der Waals surface area contributed by atoms with E-state index < -0.39 is 0 Å². The molecule has 2 aromatic carbocycles. The molecule has 1 saturated carbocycles. The van der Waals surface area contributed by atoms with Crippen molar-refractivity contribution in [1.29, 1.82) is 0 Å². The van der Waals surface area contributed by atoms with Gasteiger partial charge in [0.1, 0.15) is 0 Å². The van der Waals surface area contributed by atoms with Crippen LogP contribution >= 0.6 is 0 Å². The summed E-state index contributed by atoms with van der Waals surface area (Å²) in [5.74, 6) is 1.02. The maximum Gasteiger partial charge on any atom is 0.0159 e. The molecule has 126 valence electrons. The molecular formula is C26H22. The Bertz CT molecular complexity index is 1070. The summed E-state index contributed by atoms with van der Waals surface area (Å²) in [7, 11) is 0. The maximum absolute atomic E-state index is 2.46. The third-order valence-corrected chi connectivity index (χ3v) is 7.15. The first-order valence-electron chi connectivity index (χ1n) is 9.69. The van der Waals surface area contributed by atoms with Gasteiger partial charge in [-0.1, -0.05) is 90.9 Å². The van der Waals surface area contributed by atoms with Gasteiger partial charge in [0.05, 0.1) is 0 Å². The van der Waals surface area contributed by atoms with Crippen LogP contribution in [0.3, 0.4) is 0 Å². The average Bonchev–Trinajstić information content (AvgIpc) is 2.65. The minimum atomic E-state index is 0.223. The summed E-state index contributed by atoms with van der Waals surface area (Å²) in [4.78, 5) is 0. The first-order chi connectivity index (χ1) is 12.7. The Kier molecular flexibility index (Phi) is 2.67. The molecule has 4 aliphatic rings. The predicted octanol–water partition coefficient (Wildman–Crippen LogP) is 6.55. The van der Waals surface area contributed by atoms with Crippen LogP contribution in [0.2, 0.25) is 0 Å². The van der Waals surface area contributed by atoms with Gasteiger partial charge in [0.2, 0.25) is 0 Å². The summed E-state index contributed by atoms with van der Waals surface area (Å²) in [6.45, 7) is 4.83. The van der Waals surface area contributed by atoms with Crippen LogP contribution in [-0.4, -0.2) is 0 Å². The van der Waals surface area contributed by atoms with Crippen molar-refractivity contribution in [1.82, 2.24) is 0 Å². The van der Waals surface area contributed by atoms with Gasteiger partial charge in [0, 0.05) is 17.3 Å². The fraction of sp³-hybridized carbons (Fsp3) is 0.231. The fourth-order valence-corrected chi connectivity index (χ4v) is 6.01. The monoisotopic (exact) mass is 334 g/mol. The summed E-state index contributed by atoms with van der Waals surface area (Å²) >= 11 is 0. The van der Waals surface area contributed by atoms with E-state index in [0.29, 0.717) is 11.8 Å². The third-order valence-electron chi connectivity index (χ3n) is 7.15. The Hall–Kier alpha value is -2.60. The molecule has 0 aliphatic heterocycles. The molecule has 6 rings (SSSR count). The van der Waals surface area contributed by atoms with Crippen LogP contribution in [0.15, 0.2) is 89.5 Å². The van der Waals surface area contributed by atoms with E-state index in [2.05, 4.69) is 86.7 Å². The minimum Gasteiger partial charge on any atom is -0.0833 e. The molecule has 0 spiro atoms. The summed E-state index contributed by atoms with van der Waals surface area (Å²) in [6, 6.07) is 20.1. The van der Waals surface area contributed by atoms with Crippen molar-refractivity contribution in [3.8, 4) is 0 Å². The summed E-state index contributed by atoms with van der Waals surface area (Å²) in [5, 5.41) is 0. The maximum atomic E-state index is 2.46. The SMILES string of the molecule is CC1=C2C(=C3C(C4=CC=CCC43C)C1c1ccccc1)c1ccccc12. The quantitative estimate of drug-likeness (QED) is 0.555. The molecule has 3 unspecified atom stereocenters. The Labute approximate surface area is 155 Å². The largest absolute Gasteiger partial charge is 0.0833 e. The van der Waals surface area contributed by atoms with Gasteiger partial charge in [-0.25, -0.2) is 0 Å². The smallest absolute Gasteiger partial charge is 0.0159 e. The lowest BCUT2D eigenvalue weighted by molar-refractivity contribution is 0.285. The summed E-state index contributed by atoms with van der Waals surface area (Å²) < 4.78 is 0. The van der Waals surface area contributed by atoms with E-state index in [9.17, 15) is 0 Å².